The molecule has 2 aromatic rings. The lowest BCUT2D eigenvalue weighted by atomic mass is 10.1. The first-order chi connectivity index (χ1) is 12.7. The standard InChI is InChI=1S/C19H24BrN5O2/c1-12(11-27-25-18(22)23-17(21)24-19(25,2)3)10-26-16-7-5-13-8-15(20)6-4-14(13)9-16/h4-9,12H,10-11H2,1-3H3,(H4,21,22,23,24)/t12-/m1/s1. The number of fused-ring (bicyclic) bond motifs is 1. The second kappa shape index (κ2) is 7.74. The summed E-state index contributed by atoms with van der Waals surface area (Å²) < 4.78 is 6.98. The van der Waals surface area contributed by atoms with Crippen molar-refractivity contribution in [3.8, 4) is 5.75 Å². The fourth-order valence-corrected chi connectivity index (χ4v) is 3.17. The van der Waals surface area contributed by atoms with Gasteiger partial charge in [-0.25, -0.2) is 4.99 Å². The Labute approximate surface area is 167 Å². The Kier molecular flexibility index (Phi) is 5.57. The summed E-state index contributed by atoms with van der Waals surface area (Å²) in [5.74, 6) is 1.31. The van der Waals surface area contributed by atoms with Crippen molar-refractivity contribution in [3.63, 3.8) is 0 Å². The van der Waals surface area contributed by atoms with Gasteiger partial charge in [0.1, 0.15) is 5.75 Å². The summed E-state index contributed by atoms with van der Waals surface area (Å²) >= 11 is 3.48. The average Bonchev–Trinajstić information content (AvgIpc) is 2.58. The Morgan fingerprint density at radius 1 is 1.11 bits per heavy atom. The number of hydrogen-bond donors (Lipinski definition) is 2. The van der Waals surface area contributed by atoms with Crippen LogP contribution in [0.3, 0.4) is 0 Å². The van der Waals surface area contributed by atoms with Crippen LogP contribution in [0, 0.1) is 5.92 Å². The van der Waals surface area contributed by atoms with Gasteiger partial charge in [0.2, 0.25) is 11.9 Å². The first-order valence-corrected chi connectivity index (χ1v) is 9.48. The maximum atomic E-state index is 5.92. The van der Waals surface area contributed by atoms with E-state index in [1.807, 2.05) is 45.0 Å². The fourth-order valence-electron chi connectivity index (χ4n) is 2.79. The molecule has 0 aliphatic carbocycles. The van der Waals surface area contributed by atoms with Crippen LogP contribution < -0.4 is 16.2 Å². The van der Waals surface area contributed by atoms with Crippen molar-refractivity contribution < 1.29 is 9.57 Å². The summed E-state index contributed by atoms with van der Waals surface area (Å²) in [5, 5.41) is 3.78. The summed E-state index contributed by atoms with van der Waals surface area (Å²) in [4.78, 5) is 14.0. The van der Waals surface area contributed by atoms with Crippen molar-refractivity contribution in [2.75, 3.05) is 13.2 Å². The zero-order valence-electron chi connectivity index (χ0n) is 15.6. The fraction of sp³-hybridized carbons (Fsp3) is 0.368. The Morgan fingerprint density at radius 2 is 1.81 bits per heavy atom. The quantitative estimate of drug-likeness (QED) is 0.728. The van der Waals surface area contributed by atoms with E-state index in [2.05, 4.69) is 38.0 Å². The van der Waals surface area contributed by atoms with Gasteiger partial charge in [-0.3, -0.25) is 4.84 Å². The number of guanidine groups is 2. The number of nitrogens with two attached hydrogens (primary N) is 2. The van der Waals surface area contributed by atoms with Gasteiger partial charge in [-0.15, -0.1) is 0 Å². The van der Waals surface area contributed by atoms with Gasteiger partial charge in [-0.05, 0) is 48.9 Å². The minimum absolute atomic E-state index is 0.137. The number of hydroxylamine groups is 2. The van der Waals surface area contributed by atoms with Gasteiger partial charge in [0, 0.05) is 10.4 Å². The molecule has 1 heterocycles. The zero-order chi connectivity index (χ0) is 19.6. The molecule has 27 heavy (non-hydrogen) atoms. The number of ether oxygens (including phenoxy) is 1. The SMILES string of the molecule is C[C@H](COc1ccc2cc(Br)ccc2c1)CON1C(N)=NC(N)=NC1(C)C. The average molecular weight is 434 g/mol. The Balaban J connectivity index is 1.55. The van der Waals surface area contributed by atoms with Crippen LogP contribution in [0.1, 0.15) is 20.8 Å². The van der Waals surface area contributed by atoms with Crippen LogP contribution in [0.15, 0.2) is 50.9 Å². The van der Waals surface area contributed by atoms with Crippen molar-refractivity contribution in [3.05, 3.63) is 40.9 Å². The van der Waals surface area contributed by atoms with E-state index in [1.54, 1.807) is 0 Å². The molecule has 0 fully saturated rings. The summed E-state index contributed by atoms with van der Waals surface area (Å²) in [6, 6.07) is 12.2. The van der Waals surface area contributed by atoms with E-state index < -0.39 is 5.66 Å². The molecule has 8 heteroatoms. The molecular formula is C19H24BrN5O2. The summed E-state index contributed by atoms with van der Waals surface area (Å²) in [6.07, 6.45) is 0. The molecule has 4 N–H and O–H groups in total. The van der Waals surface area contributed by atoms with Crippen LogP contribution in [0.5, 0.6) is 5.75 Å². The molecule has 1 atom stereocenters. The lowest BCUT2D eigenvalue weighted by molar-refractivity contribution is -0.167. The normalized spacial score (nSPS) is 17.4. The number of halogens is 1. The third-order valence-corrected chi connectivity index (χ3v) is 4.61. The van der Waals surface area contributed by atoms with E-state index in [9.17, 15) is 0 Å². The van der Waals surface area contributed by atoms with E-state index in [0.717, 1.165) is 21.0 Å². The summed E-state index contributed by atoms with van der Waals surface area (Å²) in [7, 11) is 0. The highest BCUT2D eigenvalue weighted by atomic mass is 79.9. The highest BCUT2D eigenvalue weighted by Crippen LogP contribution is 2.25. The van der Waals surface area contributed by atoms with E-state index in [4.69, 9.17) is 21.0 Å². The number of rotatable bonds is 6. The molecular weight excluding hydrogens is 410 g/mol. The predicted octanol–water partition coefficient (Wildman–Crippen LogP) is 3.23. The maximum Gasteiger partial charge on any atom is 0.226 e. The first-order valence-electron chi connectivity index (χ1n) is 8.69. The second-order valence-corrected chi connectivity index (χ2v) is 8.01. The summed E-state index contributed by atoms with van der Waals surface area (Å²) in [6.45, 7) is 6.68. The summed E-state index contributed by atoms with van der Waals surface area (Å²) in [5.41, 5.74) is 10.9. The molecule has 0 aromatic heterocycles. The molecule has 0 radical (unpaired) electrons. The molecule has 0 amide bonds. The Hall–Kier alpha value is -2.32. The molecule has 3 rings (SSSR count). The van der Waals surface area contributed by atoms with Crippen LogP contribution in [0.2, 0.25) is 0 Å². The Morgan fingerprint density at radius 3 is 2.56 bits per heavy atom. The number of hydrogen-bond acceptors (Lipinski definition) is 7. The molecule has 7 nitrogen and oxygen atoms in total. The number of nitrogens with zero attached hydrogens (tertiary/aromatic N) is 3. The van der Waals surface area contributed by atoms with Gasteiger partial charge in [0.15, 0.2) is 5.66 Å². The van der Waals surface area contributed by atoms with Gasteiger partial charge in [0.25, 0.3) is 0 Å². The van der Waals surface area contributed by atoms with Gasteiger partial charge in [0.05, 0.1) is 13.2 Å². The van der Waals surface area contributed by atoms with Crippen molar-refractivity contribution in [2.45, 2.75) is 26.4 Å². The molecule has 0 bridgehead atoms. The second-order valence-electron chi connectivity index (χ2n) is 7.09. The van der Waals surface area contributed by atoms with E-state index in [0.29, 0.717) is 13.2 Å². The predicted molar refractivity (Wildman–Crippen MR) is 111 cm³/mol. The lowest BCUT2D eigenvalue weighted by Crippen LogP contribution is -2.54. The number of aliphatic imine (C=N–C) groups is 2. The van der Waals surface area contributed by atoms with Crippen molar-refractivity contribution >= 4 is 38.6 Å². The molecule has 2 aromatic carbocycles. The van der Waals surface area contributed by atoms with Crippen LogP contribution in [-0.4, -0.2) is 35.9 Å². The minimum Gasteiger partial charge on any atom is -0.493 e. The van der Waals surface area contributed by atoms with E-state index in [1.165, 1.54) is 5.06 Å². The molecule has 1 aliphatic heterocycles. The van der Waals surface area contributed by atoms with Crippen LogP contribution in [0.4, 0.5) is 0 Å². The molecule has 0 spiro atoms. The zero-order valence-corrected chi connectivity index (χ0v) is 17.2. The third-order valence-electron chi connectivity index (χ3n) is 4.12. The van der Waals surface area contributed by atoms with E-state index >= 15 is 0 Å². The largest absolute Gasteiger partial charge is 0.493 e. The van der Waals surface area contributed by atoms with Gasteiger partial charge in [-0.2, -0.15) is 10.1 Å². The van der Waals surface area contributed by atoms with Crippen molar-refractivity contribution in [1.82, 2.24) is 5.06 Å². The van der Waals surface area contributed by atoms with Crippen LogP contribution in [-0.2, 0) is 4.84 Å². The maximum absolute atomic E-state index is 5.92. The lowest BCUT2D eigenvalue weighted by Gasteiger charge is -2.37. The highest BCUT2D eigenvalue weighted by Gasteiger charge is 2.33. The minimum atomic E-state index is -0.705. The monoisotopic (exact) mass is 433 g/mol. The smallest absolute Gasteiger partial charge is 0.226 e. The number of benzene rings is 2. The van der Waals surface area contributed by atoms with Gasteiger partial charge in [-0.1, -0.05) is 35.0 Å². The Bertz CT molecular complexity index is 897. The first kappa shape index (κ1) is 19.4. The van der Waals surface area contributed by atoms with Crippen LogP contribution >= 0.6 is 15.9 Å². The van der Waals surface area contributed by atoms with Crippen LogP contribution in [0.25, 0.3) is 10.8 Å². The molecule has 0 saturated carbocycles. The molecule has 0 saturated heterocycles. The topological polar surface area (TPSA) is 98.5 Å². The highest BCUT2D eigenvalue weighted by molar-refractivity contribution is 9.10. The van der Waals surface area contributed by atoms with Crippen molar-refractivity contribution in [2.24, 2.45) is 27.4 Å². The molecule has 0 unspecified atom stereocenters. The van der Waals surface area contributed by atoms with Crippen molar-refractivity contribution in [1.29, 1.82) is 0 Å². The molecule has 1 aliphatic rings. The van der Waals surface area contributed by atoms with E-state index in [-0.39, 0.29) is 17.8 Å². The van der Waals surface area contributed by atoms with Gasteiger partial charge >= 0.3 is 0 Å². The third kappa shape index (κ3) is 4.70. The van der Waals surface area contributed by atoms with Gasteiger partial charge < -0.3 is 16.2 Å². The molecule has 144 valence electrons.